The molecule has 0 radical (unpaired) electrons. The van der Waals surface area contributed by atoms with Crippen LogP contribution in [0.15, 0.2) is 30.3 Å². The van der Waals surface area contributed by atoms with Gasteiger partial charge in [-0.05, 0) is 5.56 Å². The molecular weight excluding hydrogens is 230 g/mol. The van der Waals surface area contributed by atoms with Crippen LogP contribution >= 0.6 is 0 Å². The summed E-state index contributed by atoms with van der Waals surface area (Å²) in [6, 6.07) is 9.50. The van der Waals surface area contributed by atoms with E-state index in [0.717, 1.165) is 5.56 Å². The van der Waals surface area contributed by atoms with E-state index in [4.69, 9.17) is 4.74 Å². The van der Waals surface area contributed by atoms with Crippen molar-refractivity contribution in [1.29, 1.82) is 0 Å². The fourth-order valence-corrected chi connectivity index (χ4v) is 2.25. The van der Waals surface area contributed by atoms with E-state index in [1.807, 2.05) is 35.2 Å². The number of nitrogens with zero attached hydrogens (tertiary/aromatic N) is 1. The molecular formula is C14H17NO3. The number of ketones is 1. The fraction of sp³-hybridized carbons (Fsp3) is 0.429. The predicted octanol–water partition coefficient (Wildman–Crippen LogP) is 1.39. The van der Waals surface area contributed by atoms with Crippen LogP contribution in [0.5, 0.6) is 0 Å². The number of Topliss-reactive ketones (excluding diaryl/α,β-unsaturated/α-hetero) is 1. The van der Waals surface area contributed by atoms with Crippen LogP contribution in [0.3, 0.4) is 0 Å². The number of carbonyl (C=O) groups excluding carboxylic acids is 2. The molecule has 0 aromatic heterocycles. The van der Waals surface area contributed by atoms with Crippen LogP contribution in [0, 0.1) is 0 Å². The Hall–Kier alpha value is -1.68. The maximum Gasteiger partial charge on any atom is 0.323 e. The van der Waals surface area contributed by atoms with Gasteiger partial charge in [0.05, 0.1) is 7.11 Å². The molecule has 96 valence electrons. The van der Waals surface area contributed by atoms with E-state index in [0.29, 0.717) is 19.5 Å². The lowest BCUT2D eigenvalue weighted by molar-refractivity contribution is -0.151. The van der Waals surface area contributed by atoms with E-state index < -0.39 is 6.04 Å². The highest BCUT2D eigenvalue weighted by Crippen LogP contribution is 2.18. The minimum absolute atomic E-state index is 0.134. The van der Waals surface area contributed by atoms with Crippen molar-refractivity contribution in [3.05, 3.63) is 35.9 Å². The zero-order valence-corrected chi connectivity index (χ0v) is 10.5. The maximum atomic E-state index is 11.7. The third-order valence-corrected chi connectivity index (χ3v) is 3.24. The molecule has 2 rings (SSSR count). The van der Waals surface area contributed by atoms with Gasteiger partial charge in [-0.3, -0.25) is 14.5 Å². The Morgan fingerprint density at radius 1 is 1.39 bits per heavy atom. The number of likely N-dealkylation sites (tertiary alicyclic amines) is 1. The zero-order chi connectivity index (χ0) is 13.0. The van der Waals surface area contributed by atoms with Gasteiger partial charge in [-0.1, -0.05) is 30.3 Å². The number of hydrogen-bond acceptors (Lipinski definition) is 4. The Kier molecular flexibility index (Phi) is 4.10. The Labute approximate surface area is 107 Å². The van der Waals surface area contributed by atoms with Crippen LogP contribution in [-0.4, -0.2) is 36.3 Å². The van der Waals surface area contributed by atoms with E-state index in [1.165, 1.54) is 7.11 Å². The van der Waals surface area contributed by atoms with Gasteiger partial charge in [0.15, 0.2) is 0 Å². The summed E-state index contributed by atoms with van der Waals surface area (Å²) in [5.74, 6) is -0.186. The number of hydrogen-bond donors (Lipinski definition) is 0. The van der Waals surface area contributed by atoms with Crippen molar-refractivity contribution >= 4 is 11.8 Å². The largest absolute Gasteiger partial charge is 0.468 e. The second kappa shape index (κ2) is 5.78. The zero-order valence-electron chi connectivity index (χ0n) is 10.5. The van der Waals surface area contributed by atoms with Crippen molar-refractivity contribution < 1.29 is 14.3 Å². The topological polar surface area (TPSA) is 46.6 Å². The van der Waals surface area contributed by atoms with Crippen LogP contribution in [0.25, 0.3) is 0 Å². The second-order valence-corrected chi connectivity index (χ2v) is 4.49. The highest BCUT2D eigenvalue weighted by molar-refractivity contribution is 5.87. The molecule has 4 heteroatoms. The summed E-state index contributed by atoms with van der Waals surface area (Å²) in [6.07, 6.45) is 0.778. The quantitative estimate of drug-likeness (QED) is 0.757. The van der Waals surface area contributed by atoms with Crippen LogP contribution in [0.4, 0.5) is 0 Å². The molecule has 0 amide bonds. The third kappa shape index (κ3) is 2.96. The molecule has 0 N–H and O–H groups in total. The van der Waals surface area contributed by atoms with Crippen molar-refractivity contribution in [2.75, 3.05) is 13.7 Å². The average molecular weight is 247 g/mol. The molecule has 18 heavy (non-hydrogen) atoms. The van der Waals surface area contributed by atoms with Crippen LogP contribution < -0.4 is 0 Å². The van der Waals surface area contributed by atoms with Crippen molar-refractivity contribution in [1.82, 2.24) is 4.90 Å². The van der Waals surface area contributed by atoms with E-state index in [9.17, 15) is 9.59 Å². The van der Waals surface area contributed by atoms with Gasteiger partial charge in [0.2, 0.25) is 0 Å². The van der Waals surface area contributed by atoms with E-state index in [2.05, 4.69) is 0 Å². The number of esters is 1. The monoisotopic (exact) mass is 247 g/mol. The molecule has 0 spiro atoms. The van der Waals surface area contributed by atoms with Gasteiger partial charge in [0.25, 0.3) is 0 Å². The number of piperidine rings is 1. The van der Waals surface area contributed by atoms with Gasteiger partial charge >= 0.3 is 5.97 Å². The van der Waals surface area contributed by atoms with Crippen LogP contribution in [0.2, 0.25) is 0 Å². The standard InChI is InChI=1S/C14H17NO3/c1-18-14(17)13-9-12(16)7-8-15(13)10-11-5-3-2-4-6-11/h2-6,13H,7-10H2,1H3/t13-/m0/s1. The van der Waals surface area contributed by atoms with Gasteiger partial charge in [0, 0.05) is 25.9 Å². The first-order chi connectivity index (χ1) is 8.70. The number of methoxy groups -OCH3 is 1. The van der Waals surface area contributed by atoms with E-state index >= 15 is 0 Å². The lowest BCUT2D eigenvalue weighted by Crippen LogP contribution is -2.47. The minimum Gasteiger partial charge on any atom is -0.468 e. The molecule has 0 bridgehead atoms. The first-order valence-electron chi connectivity index (χ1n) is 6.08. The molecule has 0 unspecified atom stereocenters. The Morgan fingerprint density at radius 3 is 2.78 bits per heavy atom. The molecule has 1 aliphatic heterocycles. The molecule has 1 fully saturated rings. The predicted molar refractivity (Wildman–Crippen MR) is 66.9 cm³/mol. The maximum absolute atomic E-state index is 11.7. The molecule has 1 aliphatic rings. The van der Waals surface area contributed by atoms with E-state index in [1.54, 1.807) is 0 Å². The van der Waals surface area contributed by atoms with Crippen molar-refractivity contribution in [2.45, 2.75) is 25.4 Å². The number of ether oxygens (including phenoxy) is 1. The molecule has 1 heterocycles. The highest BCUT2D eigenvalue weighted by atomic mass is 16.5. The summed E-state index contributed by atoms with van der Waals surface area (Å²) >= 11 is 0. The van der Waals surface area contributed by atoms with Gasteiger partial charge in [0.1, 0.15) is 11.8 Å². The SMILES string of the molecule is COC(=O)[C@@H]1CC(=O)CCN1Cc1ccccc1. The van der Waals surface area contributed by atoms with Crippen molar-refractivity contribution in [3.8, 4) is 0 Å². The third-order valence-electron chi connectivity index (χ3n) is 3.24. The van der Waals surface area contributed by atoms with Gasteiger partial charge in [-0.2, -0.15) is 0 Å². The Bertz CT molecular complexity index is 430. The first-order valence-corrected chi connectivity index (χ1v) is 6.08. The molecule has 1 aromatic carbocycles. The number of benzene rings is 1. The minimum atomic E-state index is -0.434. The van der Waals surface area contributed by atoms with Crippen LogP contribution in [0.1, 0.15) is 18.4 Å². The molecule has 1 atom stereocenters. The normalized spacial score (nSPS) is 20.7. The lowest BCUT2D eigenvalue weighted by atomic mass is 10.00. The van der Waals surface area contributed by atoms with Gasteiger partial charge < -0.3 is 4.74 Å². The summed E-state index contributed by atoms with van der Waals surface area (Å²) in [4.78, 5) is 25.2. The fourth-order valence-electron chi connectivity index (χ4n) is 2.25. The van der Waals surface area contributed by atoms with Crippen LogP contribution in [-0.2, 0) is 20.9 Å². The van der Waals surface area contributed by atoms with Gasteiger partial charge in [-0.25, -0.2) is 0 Å². The number of carbonyl (C=O) groups is 2. The molecule has 0 saturated carbocycles. The summed E-state index contributed by atoms with van der Waals surface area (Å²) in [5.41, 5.74) is 1.14. The first kappa shape index (κ1) is 12.8. The molecule has 1 saturated heterocycles. The summed E-state index contributed by atoms with van der Waals surface area (Å²) in [6.45, 7) is 1.29. The summed E-state index contributed by atoms with van der Waals surface area (Å²) < 4.78 is 4.77. The lowest BCUT2D eigenvalue weighted by Gasteiger charge is -2.32. The summed E-state index contributed by atoms with van der Waals surface area (Å²) in [7, 11) is 1.36. The van der Waals surface area contributed by atoms with Gasteiger partial charge in [-0.15, -0.1) is 0 Å². The Balaban J connectivity index is 2.09. The van der Waals surface area contributed by atoms with E-state index in [-0.39, 0.29) is 18.2 Å². The molecule has 0 aliphatic carbocycles. The Morgan fingerprint density at radius 2 is 2.11 bits per heavy atom. The molecule has 4 nitrogen and oxygen atoms in total. The van der Waals surface area contributed by atoms with Crippen molar-refractivity contribution in [2.24, 2.45) is 0 Å². The average Bonchev–Trinajstić information content (AvgIpc) is 2.41. The second-order valence-electron chi connectivity index (χ2n) is 4.49. The smallest absolute Gasteiger partial charge is 0.323 e. The summed E-state index contributed by atoms with van der Waals surface area (Å²) in [5, 5.41) is 0. The molecule has 1 aromatic rings. The van der Waals surface area contributed by atoms with Crippen molar-refractivity contribution in [3.63, 3.8) is 0 Å². The number of rotatable bonds is 3. The highest BCUT2D eigenvalue weighted by Gasteiger charge is 2.33.